The first-order valence-corrected chi connectivity index (χ1v) is 6.92. The smallest absolute Gasteiger partial charge is 0.139 e. The van der Waals surface area contributed by atoms with E-state index in [0.29, 0.717) is 17.6 Å². The molecule has 2 heteroatoms. The Morgan fingerprint density at radius 1 is 1.35 bits per heavy atom. The van der Waals surface area contributed by atoms with Crippen LogP contribution in [0.4, 0.5) is 0 Å². The van der Waals surface area contributed by atoms with E-state index in [4.69, 9.17) is 5.11 Å². The molecule has 0 heterocycles. The predicted octanol–water partition coefficient (Wildman–Crippen LogP) is 3.28. The summed E-state index contributed by atoms with van der Waals surface area (Å²) in [6, 6.07) is 0. The molecule has 0 amide bonds. The number of carbonyl (C=O) groups is 1. The van der Waals surface area contributed by atoms with E-state index in [9.17, 15) is 4.79 Å². The van der Waals surface area contributed by atoms with Crippen molar-refractivity contribution in [2.24, 2.45) is 29.1 Å². The van der Waals surface area contributed by atoms with Gasteiger partial charge in [0.2, 0.25) is 0 Å². The van der Waals surface area contributed by atoms with Gasteiger partial charge in [-0.05, 0) is 36.5 Å². The molecule has 0 radical (unpaired) electrons. The summed E-state index contributed by atoms with van der Waals surface area (Å²) in [6.45, 7) is 11.1. The van der Waals surface area contributed by atoms with Crippen molar-refractivity contribution in [3.05, 3.63) is 0 Å². The zero-order chi connectivity index (χ0) is 13.2. The van der Waals surface area contributed by atoms with Crippen LogP contribution in [0.25, 0.3) is 0 Å². The molecule has 1 rings (SSSR count). The lowest BCUT2D eigenvalue weighted by Crippen LogP contribution is -2.31. The Morgan fingerprint density at radius 3 is 2.35 bits per heavy atom. The van der Waals surface area contributed by atoms with Gasteiger partial charge in [-0.1, -0.05) is 34.6 Å². The maximum Gasteiger partial charge on any atom is 0.139 e. The van der Waals surface area contributed by atoms with E-state index in [-0.39, 0.29) is 23.9 Å². The minimum Gasteiger partial charge on any atom is -0.396 e. The summed E-state index contributed by atoms with van der Waals surface area (Å²) in [5.74, 6) is 1.90. The summed E-state index contributed by atoms with van der Waals surface area (Å²) < 4.78 is 0. The first kappa shape index (κ1) is 14.7. The second-order valence-electron chi connectivity index (χ2n) is 7.07. The Labute approximate surface area is 106 Å². The molecule has 2 nitrogen and oxygen atoms in total. The van der Waals surface area contributed by atoms with E-state index in [1.807, 2.05) is 0 Å². The van der Waals surface area contributed by atoms with Crippen LogP contribution in [-0.4, -0.2) is 17.5 Å². The van der Waals surface area contributed by atoms with Gasteiger partial charge in [-0.2, -0.15) is 0 Å². The Morgan fingerprint density at radius 2 is 1.94 bits per heavy atom. The third-order valence-electron chi connectivity index (χ3n) is 3.88. The highest BCUT2D eigenvalue weighted by atomic mass is 16.3. The lowest BCUT2D eigenvalue weighted by atomic mass is 9.72. The number of hydrogen-bond donors (Lipinski definition) is 1. The lowest BCUT2D eigenvalue weighted by Gasteiger charge is -2.31. The van der Waals surface area contributed by atoms with E-state index >= 15 is 0 Å². The maximum absolute atomic E-state index is 12.5. The number of aliphatic hydroxyl groups excluding tert-OH is 1. The summed E-state index contributed by atoms with van der Waals surface area (Å²) >= 11 is 0. The van der Waals surface area contributed by atoms with Gasteiger partial charge in [-0.25, -0.2) is 0 Å². The number of aliphatic hydroxyl groups is 1. The van der Waals surface area contributed by atoms with Crippen molar-refractivity contribution in [3.8, 4) is 0 Å². The second kappa shape index (κ2) is 5.51. The topological polar surface area (TPSA) is 37.3 Å². The van der Waals surface area contributed by atoms with E-state index in [0.717, 1.165) is 19.3 Å². The summed E-state index contributed by atoms with van der Waals surface area (Å²) in [6.07, 6.45) is 2.80. The quantitative estimate of drug-likeness (QED) is 0.773. The molecule has 100 valence electrons. The van der Waals surface area contributed by atoms with Crippen molar-refractivity contribution < 1.29 is 9.90 Å². The van der Waals surface area contributed by atoms with Crippen LogP contribution in [0.15, 0.2) is 0 Å². The molecule has 0 spiro atoms. The molecule has 0 bridgehead atoms. The number of hydrogen-bond acceptors (Lipinski definition) is 2. The monoisotopic (exact) mass is 240 g/mol. The third-order valence-corrected chi connectivity index (χ3v) is 3.88. The molecule has 0 aromatic carbocycles. The van der Waals surface area contributed by atoms with E-state index in [1.54, 1.807) is 0 Å². The fourth-order valence-electron chi connectivity index (χ4n) is 2.71. The van der Waals surface area contributed by atoms with E-state index in [2.05, 4.69) is 34.6 Å². The molecule has 17 heavy (non-hydrogen) atoms. The van der Waals surface area contributed by atoms with Gasteiger partial charge in [0.15, 0.2) is 0 Å². The summed E-state index contributed by atoms with van der Waals surface area (Å²) in [4.78, 5) is 12.5. The zero-order valence-electron chi connectivity index (χ0n) is 12.0. The lowest BCUT2D eigenvalue weighted by molar-refractivity contribution is -0.128. The number of carbonyl (C=O) groups excluding carboxylic acids is 1. The van der Waals surface area contributed by atoms with Crippen molar-refractivity contribution in [2.75, 3.05) is 6.61 Å². The van der Waals surface area contributed by atoms with Crippen LogP contribution < -0.4 is 0 Å². The highest BCUT2D eigenvalue weighted by Crippen LogP contribution is 2.46. The first-order chi connectivity index (χ1) is 7.77. The van der Waals surface area contributed by atoms with Gasteiger partial charge in [0, 0.05) is 18.4 Å². The van der Waals surface area contributed by atoms with Gasteiger partial charge in [0.05, 0.1) is 0 Å². The average molecular weight is 240 g/mol. The van der Waals surface area contributed by atoms with Gasteiger partial charge < -0.3 is 5.11 Å². The fourth-order valence-corrected chi connectivity index (χ4v) is 2.71. The standard InChI is InChI=1S/C15H28O2/c1-10(2)8-13(15(3,4)5)14(17)12-9-11(12)6-7-16/h10-13,16H,6-9H2,1-5H3/t11-,12?,13?/m0/s1. The van der Waals surface area contributed by atoms with Crippen molar-refractivity contribution in [1.29, 1.82) is 0 Å². The van der Waals surface area contributed by atoms with Crippen molar-refractivity contribution >= 4 is 5.78 Å². The van der Waals surface area contributed by atoms with E-state index < -0.39 is 0 Å². The van der Waals surface area contributed by atoms with Gasteiger partial charge >= 0.3 is 0 Å². The van der Waals surface area contributed by atoms with E-state index in [1.165, 1.54) is 0 Å². The SMILES string of the molecule is CC(C)CC(C(=O)C1C[C@@H]1CCO)C(C)(C)C. The molecule has 0 aliphatic heterocycles. The molecular formula is C15H28O2. The molecule has 1 aliphatic carbocycles. The molecule has 1 fully saturated rings. The molecular weight excluding hydrogens is 212 g/mol. The molecule has 0 aromatic heterocycles. The Hall–Kier alpha value is -0.370. The summed E-state index contributed by atoms with van der Waals surface area (Å²) in [5, 5.41) is 8.91. The molecule has 0 aromatic rings. The Bertz CT molecular complexity index is 263. The van der Waals surface area contributed by atoms with Crippen LogP contribution in [0.5, 0.6) is 0 Å². The number of rotatable bonds is 6. The first-order valence-electron chi connectivity index (χ1n) is 6.92. The molecule has 3 atom stereocenters. The van der Waals surface area contributed by atoms with Gasteiger partial charge in [0.1, 0.15) is 5.78 Å². The highest BCUT2D eigenvalue weighted by molar-refractivity contribution is 5.86. The normalized spacial score (nSPS) is 26.1. The van der Waals surface area contributed by atoms with Crippen molar-refractivity contribution in [3.63, 3.8) is 0 Å². The van der Waals surface area contributed by atoms with Crippen LogP contribution in [0, 0.1) is 29.1 Å². The average Bonchev–Trinajstić information content (AvgIpc) is 2.91. The minimum atomic E-state index is 0.0632. The number of ketones is 1. The van der Waals surface area contributed by atoms with Crippen molar-refractivity contribution in [1.82, 2.24) is 0 Å². The van der Waals surface area contributed by atoms with Crippen LogP contribution in [0.2, 0.25) is 0 Å². The fraction of sp³-hybridized carbons (Fsp3) is 0.933. The zero-order valence-corrected chi connectivity index (χ0v) is 12.0. The molecule has 0 saturated heterocycles. The van der Waals surface area contributed by atoms with Crippen molar-refractivity contribution in [2.45, 2.75) is 53.9 Å². The maximum atomic E-state index is 12.5. The van der Waals surface area contributed by atoms with Gasteiger partial charge in [-0.15, -0.1) is 0 Å². The molecule has 1 N–H and O–H groups in total. The largest absolute Gasteiger partial charge is 0.396 e. The van der Waals surface area contributed by atoms with Gasteiger partial charge in [-0.3, -0.25) is 4.79 Å². The molecule has 1 saturated carbocycles. The third kappa shape index (κ3) is 4.09. The second-order valence-corrected chi connectivity index (χ2v) is 7.07. The van der Waals surface area contributed by atoms with Gasteiger partial charge in [0.25, 0.3) is 0 Å². The van der Waals surface area contributed by atoms with Crippen LogP contribution in [-0.2, 0) is 4.79 Å². The molecule has 2 unspecified atom stereocenters. The minimum absolute atomic E-state index is 0.0632. The summed E-state index contributed by atoms with van der Waals surface area (Å²) in [5.41, 5.74) is 0.0632. The van der Waals surface area contributed by atoms with Crippen LogP contribution in [0.1, 0.15) is 53.9 Å². The van der Waals surface area contributed by atoms with Crippen LogP contribution >= 0.6 is 0 Å². The highest BCUT2D eigenvalue weighted by Gasteiger charge is 2.46. The Kier molecular flexibility index (Phi) is 4.77. The predicted molar refractivity (Wildman–Crippen MR) is 70.7 cm³/mol. The molecule has 1 aliphatic rings. The summed E-state index contributed by atoms with van der Waals surface area (Å²) in [7, 11) is 0. The van der Waals surface area contributed by atoms with Crippen LogP contribution in [0.3, 0.4) is 0 Å². The Balaban J connectivity index is 2.62. The number of Topliss-reactive ketones (excluding diaryl/α,β-unsaturated/α-hetero) is 1.